The molecule has 1 nitrogen and oxygen atoms in total. The lowest BCUT2D eigenvalue weighted by molar-refractivity contribution is -0.154. The molecule has 0 aromatic heterocycles. The Morgan fingerprint density at radius 1 is 0.778 bits per heavy atom. The van der Waals surface area contributed by atoms with Gasteiger partial charge in [-0.15, -0.1) is 0 Å². The van der Waals surface area contributed by atoms with Crippen LogP contribution in [-0.2, 0) is 0 Å². The van der Waals surface area contributed by atoms with Crippen molar-refractivity contribution in [3.8, 4) is 0 Å². The molecule has 18 heavy (non-hydrogen) atoms. The molecule has 1 N–H and O–H groups in total. The summed E-state index contributed by atoms with van der Waals surface area (Å²) in [4.78, 5) is 0. The van der Waals surface area contributed by atoms with Crippen molar-refractivity contribution < 1.29 is 40.2 Å². The zero-order valence-corrected chi connectivity index (χ0v) is 8.26. The first-order valence-electron chi connectivity index (χ1n) is 4.32. The Hall–Kier alpha value is -1.38. The fourth-order valence-electron chi connectivity index (χ4n) is 1.24. The van der Waals surface area contributed by atoms with Gasteiger partial charge in [-0.05, 0) is 0 Å². The predicted molar refractivity (Wildman–Crippen MR) is 41.9 cm³/mol. The molecule has 1 aromatic rings. The molecule has 0 radical (unpaired) electrons. The molecule has 0 saturated carbocycles. The number of aliphatic hydroxyl groups excluding tert-OH is 1. The third-order valence-electron chi connectivity index (χ3n) is 2.00. The van der Waals surface area contributed by atoms with E-state index in [1.165, 1.54) is 0 Å². The Morgan fingerprint density at radius 3 is 1.44 bits per heavy atom. The first-order chi connectivity index (χ1) is 8.06. The summed E-state index contributed by atoms with van der Waals surface area (Å²) in [5, 5.41) is 8.90. The second kappa shape index (κ2) is 4.71. The summed E-state index contributed by atoms with van der Waals surface area (Å²) in [6.07, 6.45) is -10.0. The van der Waals surface area contributed by atoms with E-state index in [1.807, 2.05) is 0 Å². The average molecular weight is 280 g/mol. The van der Waals surface area contributed by atoms with Crippen molar-refractivity contribution in [2.45, 2.75) is 18.7 Å². The number of hydrogen-bond acceptors (Lipinski definition) is 1. The van der Waals surface area contributed by atoms with Crippen LogP contribution in [0.1, 0.15) is 18.1 Å². The maximum Gasteiger partial charge on any atom is 0.391 e. The molecule has 0 spiro atoms. The summed E-state index contributed by atoms with van der Waals surface area (Å²) in [6, 6.07) is 0. The van der Waals surface area contributed by atoms with Gasteiger partial charge in [-0.1, -0.05) is 0 Å². The van der Waals surface area contributed by atoms with Crippen LogP contribution in [-0.4, -0.2) is 11.3 Å². The third-order valence-corrected chi connectivity index (χ3v) is 2.00. The molecule has 0 bridgehead atoms. The molecule has 0 aliphatic rings. The quantitative estimate of drug-likeness (QED) is 0.500. The molecule has 0 amide bonds. The van der Waals surface area contributed by atoms with Crippen molar-refractivity contribution in [2.75, 3.05) is 0 Å². The van der Waals surface area contributed by atoms with Gasteiger partial charge in [0.1, 0.15) is 0 Å². The average Bonchev–Trinajstić information content (AvgIpc) is 2.21. The van der Waals surface area contributed by atoms with Gasteiger partial charge in [0, 0.05) is 0 Å². The Kier molecular flexibility index (Phi) is 3.84. The second-order valence-electron chi connectivity index (χ2n) is 3.32. The van der Waals surface area contributed by atoms with Gasteiger partial charge in [0.15, 0.2) is 23.3 Å². The number of aliphatic hydroxyl groups is 1. The van der Waals surface area contributed by atoms with Gasteiger partial charge in [0.2, 0.25) is 5.82 Å². The van der Waals surface area contributed by atoms with Gasteiger partial charge in [-0.3, -0.25) is 0 Å². The number of halogens is 8. The topological polar surface area (TPSA) is 20.2 Å². The third kappa shape index (κ3) is 2.71. The smallest absolute Gasteiger partial charge is 0.388 e. The van der Waals surface area contributed by atoms with E-state index < -0.39 is 53.4 Å². The van der Waals surface area contributed by atoms with Crippen molar-refractivity contribution in [3.63, 3.8) is 0 Å². The van der Waals surface area contributed by atoms with Gasteiger partial charge in [0.05, 0.1) is 18.1 Å². The molecule has 0 aliphatic heterocycles. The van der Waals surface area contributed by atoms with Gasteiger partial charge in [-0.2, -0.15) is 13.2 Å². The fourth-order valence-corrected chi connectivity index (χ4v) is 1.24. The normalized spacial score (nSPS) is 13.8. The molecule has 0 aliphatic carbocycles. The van der Waals surface area contributed by atoms with E-state index in [1.54, 1.807) is 0 Å². The SMILES string of the molecule is OC(CC(F)(F)F)c1c(F)c(F)c(F)c(F)c1F. The van der Waals surface area contributed by atoms with E-state index in [0.717, 1.165) is 0 Å². The van der Waals surface area contributed by atoms with Gasteiger partial charge in [0.25, 0.3) is 0 Å². The Morgan fingerprint density at radius 2 is 1.11 bits per heavy atom. The highest BCUT2D eigenvalue weighted by molar-refractivity contribution is 5.26. The summed E-state index contributed by atoms with van der Waals surface area (Å²) < 4.78 is 99.4. The number of alkyl halides is 3. The zero-order chi connectivity index (χ0) is 14.2. The highest BCUT2D eigenvalue weighted by atomic mass is 19.4. The van der Waals surface area contributed by atoms with E-state index in [-0.39, 0.29) is 0 Å². The first kappa shape index (κ1) is 14.7. The monoisotopic (exact) mass is 280 g/mol. The molecule has 1 unspecified atom stereocenters. The van der Waals surface area contributed by atoms with E-state index in [0.29, 0.717) is 0 Å². The van der Waals surface area contributed by atoms with E-state index >= 15 is 0 Å². The second-order valence-corrected chi connectivity index (χ2v) is 3.32. The Labute approximate surface area is 94.6 Å². The minimum atomic E-state index is -5.03. The number of hydrogen-bond donors (Lipinski definition) is 1. The predicted octanol–water partition coefficient (Wildman–Crippen LogP) is 3.37. The summed E-state index contributed by atoms with van der Waals surface area (Å²) in [5.41, 5.74) is -1.90. The van der Waals surface area contributed by atoms with Crippen molar-refractivity contribution >= 4 is 0 Å². The van der Waals surface area contributed by atoms with Crippen LogP contribution >= 0.6 is 0 Å². The van der Waals surface area contributed by atoms with Gasteiger partial charge < -0.3 is 5.11 Å². The minimum Gasteiger partial charge on any atom is -0.388 e. The fraction of sp³-hybridized carbons (Fsp3) is 0.333. The van der Waals surface area contributed by atoms with Crippen molar-refractivity contribution in [1.29, 1.82) is 0 Å². The van der Waals surface area contributed by atoms with Crippen molar-refractivity contribution in [3.05, 3.63) is 34.6 Å². The van der Waals surface area contributed by atoms with E-state index in [2.05, 4.69) is 0 Å². The van der Waals surface area contributed by atoms with E-state index in [9.17, 15) is 35.1 Å². The Balaban J connectivity index is 3.33. The summed E-state index contributed by atoms with van der Waals surface area (Å²) in [6.45, 7) is 0. The molecule has 1 aromatic carbocycles. The lowest BCUT2D eigenvalue weighted by atomic mass is 10.0. The van der Waals surface area contributed by atoms with Crippen LogP contribution < -0.4 is 0 Å². The summed E-state index contributed by atoms with van der Waals surface area (Å²) >= 11 is 0. The van der Waals surface area contributed by atoms with Crippen molar-refractivity contribution in [2.24, 2.45) is 0 Å². The van der Waals surface area contributed by atoms with Crippen LogP contribution in [0.3, 0.4) is 0 Å². The molecule has 1 atom stereocenters. The molecule has 0 saturated heterocycles. The maximum atomic E-state index is 13.0. The van der Waals surface area contributed by atoms with Crippen LogP contribution in [0, 0.1) is 29.1 Å². The molecule has 102 valence electrons. The largest absolute Gasteiger partial charge is 0.391 e. The molecule has 0 heterocycles. The van der Waals surface area contributed by atoms with Crippen LogP contribution in [0.25, 0.3) is 0 Å². The molecular weight excluding hydrogens is 276 g/mol. The Bertz CT molecular complexity index is 438. The molecular formula is C9H4F8O. The van der Waals surface area contributed by atoms with Gasteiger partial charge >= 0.3 is 6.18 Å². The number of rotatable bonds is 2. The summed E-state index contributed by atoms with van der Waals surface area (Å²) in [5.74, 6) is -12.3. The van der Waals surface area contributed by atoms with Crippen LogP contribution in [0.4, 0.5) is 35.1 Å². The van der Waals surface area contributed by atoms with Gasteiger partial charge in [-0.25, -0.2) is 22.0 Å². The maximum absolute atomic E-state index is 13.0. The van der Waals surface area contributed by atoms with E-state index in [4.69, 9.17) is 5.11 Å². The standard InChI is InChI=1S/C9H4F8O/c10-4-3(2(18)1-9(15,16)17)5(11)7(13)8(14)6(4)12/h2,18H,1H2. The first-order valence-corrected chi connectivity index (χ1v) is 4.32. The highest BCUT2D eigenvalue weighted by Crippen LogP contribution is 2.34. The van der Waals surface area contributed by atoms with Crippen molar-refractivity contribution in [1.82, 2.24) is 0 Å². The van der Waals surface area contributed by atoms with Crippen LogP contribution in [0.15, 0.2) is 0 Å². The molecule has 9 heteroatoms. The zero-order valence-electron chi connectivity index (χ0n) is 8.26. The minimum absolute atomic E-state index is 1.90. The molecule has 1 rings (SSSR count). The lowest BCUT2D eigenvalue weighted by Crippen LogP contribution is -2.18. The molecule has 0 fully saturated rings. The van der Waals surface area contributed by atoms with Crippen LogP contribution in [0.2, 0.25) is 0 Å². The highest BCUT2D eigenvalue weighted by Gasteiger charge is 2.37. The van der Waals surface area contributed by atoms with Crippen LogP contribution in [0.5, 0.6) is 0 Å². The number of benzene rings is 1. The lowest BCUT2D eigenvalue weighted by Gasteiger charge is -2.15. The summed E-state index contributed by atoms with van der Waals surface area (Å²) in [7, 11) is 0.